The van der Waals surface area contributed by atoms with Gasteiger partial charge in [0.1, 0.15) is 11.5 Å². The van der Waals surface area contributed by atoms with Crippen LogP contribution >= 0.6 is 0 Å². The molecule has 6 rings (SSSR count). The molecule has 10 heteroatoms. The molecule has 2 fully saturated rings. The van der Waals surface area contributed by atoms with Crippen LogP contribution in [0.4, 0.5) is 0 Å². The molecule has 2 aromatic rings. The normalized spacial score (nSPS) is 32.4. The van der Waals surface area contributed by atoms with Gasteiger partial charge in [-0.3, -0.25) is 14.5 Å². The summed E-state index contributed by atoms with van der Waals surface area (Å²) >= 11 is 0. The number of nitrogens with zero attached hydrogens (tertiary/aromatic N) is 1. The third kappa shape index (κ3) is 4.43. The van der Waals surface area contributed by atoms with Crippen LogP contribution in [0.25, 0.3) is 0 Å². The minimum absolute atomic E-state index is 0.0384. The topological polar surface area (TPSA) is 146 Å². The van der Waals surface area contributed by atoms with E-state index in [2.05, 4.69) is 4.90 Å². The summed E-state index contributed by atoms with van der Waals surface area (Å²) in [5, 5.41) is 44.3. The van der Waals surface area contributed by atoms with Gasteiger partial charge in [-0.2, -0.15) is 0 Å². The molecule has 0 aromatic heterocycles. The van der Waals surface area contributed by atoms with Crippen molar-refractivity contribution in [2.24, 2.45) is 0 Å². The van der Waals surface area contributed by atoms with E-state index in [0.29, 0.717) is 50.3 Å². The van der Waals surface area contributed by atoms with Crippen LogP contribution in [0.5, 0.6) is 11.5 Å². The van der Waals surface area contributed by atoms with Crippen molar-refractivity contribution < 1.29 is 44.2 Å². The highest BCUT2D eigenvalue weighted by Gasteiger charge is 2.46. The van der Waals surface area contributed by atoms with Gasteiger partial charge in [0.05, 0.1) is 48.3 Å². The van der Waals surface area contributed by atoms with E-state index in [1.54, 1.807) is 13.0 Å². The summed E-state index contributed by atoms with van der Waals surface area (Å²) in [5.41, 5.74) is -0.509. The summed E-state index contributed by atoms with van der Waals surface area (Å²) in [6.45, 7) is 6.16. The number of phenolic OH excluding ortho intramolecular Hbond substituents is 2. The Morgan fingerprint density at radius 2 is 1.85 bits per heavy atom. The fourth-order valence-corrected chi connectivity index (χ4v) is 6.72. The SMILES string of the molecule is CCC1(O)Cc2cc3c(c(O)c2C(OC2CC(N4CCOCC4)C(O)C(C)O2)C1)C(=O)c1c(O)cccc1C3=O. The zero-order valence-electron chi connectivity index (χ0n) is 22.6. The second-order valence-corrected chi connectivity index (χ2v) is 11.4. The molecule has 40 heavy (non-hydrogen) atoms. The number of carbonyl (C=O) groups excluding carboxylic acids is 2. The molecule has 6 atom stereocenters. The van der Waals surface area contributed by atoms with Gasteiger partial charge in [0.2, 0.25) is 5.78 Å². The van der Waals surface area contributed by atoms with Gasteiger partial charge in [-0.15, -0.1) is 0 Å². The second-order valence-electron chi connectivity index (χ2n) is 11.4. The van der Waals surface area contributed by atoms with Crippen molar-refractivity contribution in [1.82, 2.24) is 4.90 Å². The first-order valence-electron chi connectivity index (χ1n) is 13.9. The summed E-state index contributed by atoms with van der Waals surface area (Å²) in [4.78, 5) is 29.1. The Hall–Kier alpha value is -2.86. The highest BCUT2D eigenvalue weighted by atomic mass is 16.7. The van der Waals surface area contributed by atoms with Gasteiger partial charge in [0, 0.05) is 55.1 Å². The Morgan fingerprint density at radius 3 is 2.58 bits per heavy atom. The summed E-state index contributed by atoms with van der Waals surface area (Å²) < 4.78 is 18.0. The third-order valence-electron chi connectivity index (χ3n) is 8.98. The molecule has 6 unspecified atom stereocenters. The molecule has 2 saturated heterocycles. The lowest BCUT2D eigenvalue weighted by Crippen LogP contribution is -2.57. The van der Waals surface area contributed by atoms with Crippen LogP contribution in [0.15, 0.2) is 24.3 Å². The van der Waals surface area contributed by atoms with E-state index in [0.717, 1.165) is 0 Å². The van der Waals surface area contributed by atoms with Gasteiger partial charge >= 0.3 is 0 Å². The molecule has 4 aliphatic rings. The lowest BCUT2D eigenvalue weighted by atomic mass is 9.73. The molecule has 2 aromatic carbocycles. The smallest absolute Gasteiger partial charge is 0.201 e. The van der Waals surface area contributed by atoms with Crippen LogP contribution in [0.3, 0.4) is 0 Å². The van der Waals surface area contributed by atoms with Gasteiger partial charge in [-0.05, 0) is 31.0 Å². The molecule has 0 saturated carbocycles. The van der Waals surface area contributed by atoms with E-state index in [-0.39, 0.29) is 52.6 Å². The van der Waals surface area contributed by atoms with E-state index in [9.17, 15) is 30.0 Å². The number of carbonyl (C=O) groups is 2. The lowest BCUT2D eigenvalue weighted by Gasteiger charge is -2.46. The van der Waals surface area contributed by atoms with Crippen molar-refractivity contribution in [2.45, 2.75) is 75.8 Å². The van der Waals surface area contributed by atoms with Crippen molar-refractivity contribution >= 4 is 11.6 Å². The van der Waals surface area contributed by atoms with Crippen molar-refractivity contribution in [2.75, 3.05) is 26.3 Å². The molecule has 2 aliphatic carbocycles. The van der Waals surface area contributed by atoms with Crippen LogP contribution in [0, 0.1) is 0 Å². The zero-order valence-corrected chi connectivity index (χ0v) is 22.6. The van der Waals surface area contributed by atoms with Crippen molar-refractivity contribution in [3.8, 4) is 11.5 Å². The van der Waals surface area contributed by atoms with Gasteiger partial charge in [-0.25, -0.2) is 0 Å². The first kappa shape index (κ1) is 27.3. The number of aliphatic hydroxyl groups excluding tert-OH is 1. The predicted molar refractivity (Wildman–Crippen MR) is 142 cm³/mol. The fourth-order valence-electron chi connectivity index (χ4n) is 6.72. The number of fused-ring (bicyclic) bond motifs is 3. The van der Waals surface area contributed by atoms with Gasteiger partial charge in [0.25, 0.3) is 0 Å². The largest absolute Gasteiger partial charge is 0.507 e. The number of aromatic hydroxyl groups is 2. The standard InChI is InChI=1S/C30H35NO9/c1-3-30(37)13-16-11-18-25(29(36)24-17(27(18)34)5-4-6-20(24)32)28(35)23(16)21(14-30)40-22-12-19(26(33)15(2)39-22)31-7-9-38-10-8-31/h4-6,11,15,19,21-22,26,32-33,35,37H,3,7-10,12-14H2,1-2H3. The van der Waals surface area contributed by atoms with Crippen LogP contribution in [0.1, 0.15) is 82.2 Å². The molecule has 4 N–H and O–H groups in total. The summed E-state index contributed by atoms with van der Waals surface area (Å²) in [5.74, 6) is -1.83. The molecule has 214 valence electrons. The van der Waals surface area contributed by atoms with Crippen LogP contribution < -0.4 is 0 Å². The van der Waals surface area contributed by atoms with E-state index in [4.69, 9.17) is 14.2 Å². The Bertz CT molecular complexity index is 1350. The number of phenols is 2. The van der Waals surface area contributed by atoms with E-state index in [1.807, 2.05) is 6.92 Å². The zero-order chi connectivity index (χ0) is 28.3. The van der Waals surface area contributed by atoms with Crippen LogP contribution in [-0.4, -0.2) is 93.3 Å². The van der Waals surface area contributed by atoms with Crippen molar-refractivity contribution in [3.63, 3.8) is 0 Å². The highest BCUT2D eigenvalue weighted by molar-refractivity contribution is 6.30. The number of ether oxygens (including phenoxy) is 3. The number of hydrogen-bond acceptors (Lipinski definition) is 10. The maximum atomic E-state index is 13.5. The molecular weight excluding hydrogens is 518 g/mol. The third-order valence-corrected chi connectivity index (χ3v) is 8.98. The summed E-state index contributed by atoms with van der Waals surface area (Å²) in [6, 6.07) is 5.65. The maximum Gasteiger partial charge on any atom is 0.201 e. The minimum atomic E-state index is -1.17. The van der Waals surface area contributed by atoms with Gasteiger partial charge < -0.3 is 34.6 Å². The molecule has 0 amide bonds. The Morgan fingerprint density at radius 1 is 1.10 bits per heavy atom. The number of ketones is 2. The Labute approximate surface area is 232 Å². The average Bonchev–Trinajstić information content (AvgIpc) is 2.93. The number of hydrogen-bond donors (Lipinski definition) is 4. The highest BCUT2D eigenvalue weighted by Crippen LogP contribution is 2.49. The molecule has 2 heterocycles. The first-order valence-corrected chi connectivity index (χ1v) is 13.9. The van der Waals surface area contributed by atoms with E-state index >= 15 is 0 Å². The minimum Gasteiger partial charge on any atom is -0.507 e. The Balaban J connectivity index is 1.38. The lowest BCUT2D eigenvalue weighted by molar-refractivity contribution is -0.261. The average molecular weight is 554 g/mol. The molecule has 0 radical (unpaired) electrons. The van der Waals surface area contributed by atoms with Gasteiger partial charge in [0.15, 0.2) is 12.1 Å². The number of morpholine rings is 1. The number of benzene rings is 2. The Kier molecular flexibility index (Phi) is 6.97. The van der Waals surface area contributed by atoms with Crippen LogP contribution in [0.2, 0.25) is 0 Å². The predicted octanol–water partition coefficient (Wildman–Crippen LogP) is 2.21. The fraction of sp³-hybridized carbons (Fsp3) is 0.533. The second kappa shape index (κ2) is 10.2. The maximum absolute atomic E-state index is 13.5. The monoisotopic (exact) mass is 553 g/mol. The van der Waals surface area contributed by atoms with Crippen LogP contribution in [-0.2, 0) is 20.6 Å². The number of rotatable bonds is 4. The van der Waals surface area contributed by atoms with Crippen molar-refractivity contribution in [3.05, 3.63) is 57.6 Å². The molecular formula is C30H35NO9. The van der Waals surface area contributed by atoms with E-state index < -0.39 is 41.8 Å². The quantitative estimate of drug-likeness (QED) is 0.379. The first-order chi connectivity index (χ1) is 19.1. The molecule has 0 bridgehead atoms. The summed E-state index contributed by atoms with van der Waals surface area (Å²) in [6.07, 6.45) is -1.74. The summed E-state index contributed by atoms with van der Waals surface area (Å²) in [7, 11) is 0. The molecule has 10 nitrogen and oxygen atoms in total. The molecule has 0 spiro atoms. The number of aliphatic hydroxyl groups is 2. The van der Waals surface area contributed by atoms with E-state index in [1.165, 1.54) is 18.2 Å². The van der Waals surface area contributed by atoms with Crippen molar-refractivity contribution in [1.29, 1.82) is 0 Å². The van der Waals surface area contributed by atoms with Gasteiger partial charge in [-0.1, -0.05) is 19.1 Å². The molecule has 2 aliphatic heterocycles.